The van der Waals surface area contributed by atoms with Gasteiger partial charge < -0.3 is 19.2 Å². The zero-order valence-electron chi connectivity index (χ0n) is 18.8. The van der Waals surface area contributed by atoms with Gasteiger partial charge in [0, 0.05) is 24.4 Å². The van der Waals surface area contributed by atoms with Crippen LogP contribution in [0.5, 0.6) is 11.5 Å². The summed E-state index contributed by atoms with van der Waals surface area (Å²) in [4.78, 5) is 21.1. The maximum atomic E-state index is 12.6. The molecule has 0 spiro atoms. The first-order valence-electron chi connectivity index (χ1n) is 11.1. The summed E-state index contributed by atoms with van der Waals surface area (Å²) in [5.74, 6) is 1.81. The molecule has 1 N–H and O–H groups in total. The third kappa shape index (κ3) is 5.15. The molecule has 7 nitrogen and oxygen atoms in total. The van der Waals surface area contributed by atoms with Crippen molar-refractivity contribution in [3.63, 3.8) is 0 Å². The summed E-state index contributed by atoms with van der Waals surface area (Å²) in [6.07, 6.45) is 8.47. The van der Waals surface area contributed by atoms with Crippen LogP contribution in [0.3, 0.4) is 0 Å². The van der Waals surface area contributed by atoms with E-state index in [0.29, 0.717) is 34.7 Å². The zero-order valence-corrected chi connectivity index (χ0v) is 19.6. The number of halogens is 1. The average Bonchev–Trinajstić information content (AvgIpc) is 3.50. The van der Waals surface area contributed by atoms with Crippen molar-refractivity contribution in [2.45, 2.75) is 38.2 Å². The van der Waals surface area contributed by atoms with E-state index < -0.39 is 0 Å². The number of hydrogen-bond acceptors (Lipinski definition) is 6. The highest BCUT2D eigenvalue weighted by Gasteiger charge is 2.19. The van der Waals surface area contributed by atoms with E-state index in [-0.39, 0.29) is 24.4 Å². The topological polar surface area (TPSA) is 86.5 Å². The summed E-state index contributed by atoms with van der Waals surface area (Å²) in [5, 5.41) is 2.91. The second-order valence-electron chi connectivity index (χ2n) is 8.14. The minimum atomic E-state index is -0.230. The predicted molar refractivity (Wildman–Crippen MR) is 132 cm³/mol. The van der Waals surface area contributed by atoms with Gasteiger partial charge in [0.15, 0.2) is 23.0 Å². The number of carbonyl (C=O) groups excluding carboxylic acids is 1. The van der Waals surface area contributed by atoms with Gasteiger partial charge in [-0.25, -0.2) is 4.98 Å². The molecule has 0 atom stereocenters. The Balaban J connectivity index is 0.00000274. The van der Waals surface area contributed by atoms with Gasteiger partial charge in [-0.3, -0.25) is 9.78 Å². The fourth-order valence-electron chi connectivity index (χ4n) is 4.15. The Bertz CT molecular complexity index is 1270. The summed E-state index contributed by atoms with van der Waals surface area (Å²) in [5.41, 5.74) is 3.35. The van der Waals surface area contributed by atoms with Crippen LogP contribution in [0.2, 0.25) is 0 Å². The van der Waals surface area contributed by atoms with Crippen LogP contribution in [0.1, 0.15) is 47.5 Å². The Labute approximate surface area is 203 Å². The first kappa shape index (κ1) is 23.6. The fourth-order valence-corrected chi connectivity index (χ4v) is 4.15. The van der Waals surface area contributed by atoms with Crippen LogP contribution in [-0.4, -0.2) is 29.1 Å². The molecule has 1 amide bonds. The number of benzene rings is 2. The Morgan fingerprint density at radius 2 is 1.88 bits per heavy atom. The van der Waals surface area contributed by atoms with Gasteiger partial charge in [-0.15, -0.1) is 12.4 Å². The number of oxazole rings is 1. The Morgan fingerprint density at radius 1 is 1.09 bits per heavy atom. The lowest BCUT2D eigenvalue weighted by molar-refractivity contribution is 0.102. The monoisotopic (exact) mass is 479 g/mol. The van der Waals surface area contributed by atoms with Gasteiger partial charge in [0.2, 0.25) is 0 Å². The molecule has 0 unspecified atom stereocenters. The molecule has 1 aliphatic rings. The number of ether oxygens (including phenoxy) is 2. The lowest BCUT2D eigenvalue weighted by Gasteiger charge is -2.16. The van der Waals surface area contributed by atoms with Crippen LogP contribution in [0.25, 0.3) is 11.1 Å². The molecule has 4 aromatic rings. The quantitative estimate of drug-likeness (QED) is 0.359. The van der Waals surface area contributed by atoms with Crippen molar-refractivity contribution in [2.75, 3.05) is 12.4 Å². The molecule has 1 fully saturated rings. The van der Waals surface area contributed by atoms with Crippen LogP contribution in [0, 0.1) is 0 Å². The van der Waals surface area contributed by atoms with E-state index in [1.807, 2.05) is 30.3 Å². The second kappa shape index (κ2) is 10.6. The van der Waals surface area contributed by atoms with Crippen molar-refractivity contribution < 1.29 is 18.7 Å². The summed E-state index contributed by atoms with van der Waals surface area (Å²) in [6.45, 7) is 0. The van der Waals surface area contributed by atoms with Gasteiger partial charge >= 0.3 is 0 Å². The third-order valence-electron chi connectivity index (χ3n) is 5.83. The maximum absolute atomic E-state index is 12.6. The largest absolute Gasteiger partial charge is 0.493 e. The van der Waals surface area contributed by atoms with Crippen LogP contribution < -0.4 is 14.8 Å². The molecule has 5 rings (SSSR count). The fraction of sp³-hybridized carbons (Fsp3) is 0.269. The first-order valence-corrected chi connectivity index (χ1v) is 11.1. The molecule has 8 heteroatoms. The average molecular weight is 480 g/mol. The van der Waals surface area contributed by atoms with Crippen molar-refractivity contribution >= 4 is 35.1 Å². The van der Waals surface area contributed by atoms with E-state index in [1.54, 1.807) is 37.7 Å². The van der Waals surface area contributed by atoms with E-state index in [4.69, 9.17) is 13.9 Å². The number of methoxy groups -OCH3 is 1. The highest BCUT2D eigenvalue weighted by Crippen LogP contribution is 2.33. The number of hydrogen-bond donors (Lipinski definition) is 1. The number of fused-ring (bicyclic) bond motifs is 1. The molecule has 1 aliphatic carbocycles. The molecule has 0 aliphatic heterocycles. The van der Waals surface area contributed by atoms with Crippen LogP contribution >= 0.6 is 12.4 Å². The first-order chi connectivity index (χ1) is 16.2. The van der Waals surface area contributed by atoms with Gasteiger partial charge in [0.25, 0.3) is 5.91 Å². The van der Waals surface area contributed by atoms with Crippen molar-refractivity contribution in [2.24, 2.45) is 0 Å². The van der Waals surface area contributed by atoms with Crippen LogP contribution in [0.15, 0.2) is 65.3 Å². The SMILES string of the molecule is COc1ccc(Cc2nc3cccc(NC(=O)c4ccncc4)c3o2)cc1OC1CCCC1.Cl. The van der Waals surface area contributed by atoms with Crippen molar-refractivity contribution in [3.8, 4) is 11.5 Å². The van der Waals surface area contributed by atoms with Crippen molar-refractivity contribution in [3.05, 3.63) is 77.9 Å². The number of pyridine rings is 1. The van der Waals surface area contributed by atoms with E-state index >= 15 is 0 Å². The molecule has 2 aromatic carbocycles. The molecule has 0 saturated heterocycles. The predicted octanol–water partition coefficient (Wildman–Crippen LogP) is 5.82. The highest BCUT2D eigenvalue weighted by molar-refractivity contribution is 6.07. The summed E-state index contributed by atoms with van der Waals surface area (Å²) < 4.78 is 17.8. The Kier molecular flexibility index (Phi) is 7.33. The van der Waals surface area contributed by atoms with Crippen molar-refractivity contribution in [1.82, 2.24) is 9.97 Å². The van der Waals surface area contributed by atoms with Gasteiger partial charge in [-0.2, -0.15) is 0 Å². The molecule has 0 radical (unpaired) electrons. The second-order valence-corrected chi connectivity index (χ2v) is 8.14. The molecule has 34 heavy (non-hydrogen) atoms. The smallest absolute Gasteiger partial charge is 0.255 e. The number of nitrogens with zero attached hydrogens (tertiary/aromatic N) is 2. The van der Waals surface area contributed by atoms with Crippen molar-refractivity contribution in [1.29, 1.82) is 0 Å². The molecule has 2 aromatic heterocycles. The summed E-state index contributed by atoms with van der Waals surface area (Å²) in [6, 6.07) is 14.7. The Morgan fingerprint density at radius 3 is 2.65 bits per heavy atom. The van der Waals surface area contributed by atoms with E-state index in [2.05, 4.69) is 15.3 Å². The lowest BCUT2D eigenvalue weighted by atomic mass is 10.1. The molecular weight excluding hydrogens is 454 g/mol. The molecule has 0 bridgehead atoms. The number of nitrogens with one attached hydrogen (secondary N) is 1. The van der Waals surface area contributed by atoms with Crippen LogP contribution in [-0.2, 0) is 6.42 Å². The highest BCUT2D eigenvalue weighted by atomic mass is 35.5. The number of para-hydroxylation sites is 1. The van der Waals surface area contributed by atoms with Gasteiger partial charge in [0.05, 0.1) is 18.9 Å². The van der Waals surface area contributed by atoms with Gasteiger partial charge in [-0.05, 0) is 67.6 Å². The number of aromatic nitrogens is 2. The third-order valence-corrected chi connectivity index (χ3v) is 5.83. The minimum Gasteiger partial charge on any atom is -0.493 e. The van der Waals surface area contributed by atoms with Crippen LogP contribution in [0.4, 0.5) is 5.69 Å². The van der Waals surface area contributed by atoms with E-state index in [1.165, 1.54) is 12.8 Å². The maximum Gasteiger partial charge on any atom is 0.255 e. The number of rotatable bonds is 7. The Hall–Kier alpha value is -3.58. The summed E-state index contributed by atoms with van der Waals surface area (Å²) in [7, 11) is 1.65. The summed E-state index contributed by atoms with van der Waals surface area (Å²) >= 11 is 0. The lowest BCUT2D eigenvalue weighted by Crippen LogP contribution is -2.11. The number of carbonyl (C=O) groups is 1. The minimum absolute atomic E-state index is 0. The van der Waals surface area contributed by atoms with E-state index in [0.717, 1.165) is 29.9 Å². The van der Waals surface area contributed by atoms with E-state index in [9.17, 15) is 4.79 Å². The van der Waals surface area contributed by atoms with Gasteiger partial charge in [0.1, 0.15) is 5.52 Å². The number of amides is 1. The molecule has 2 heterocycles. The standard InChI is InChI=1S/C26H25N3O4.ClH/c1-31-22-10-9-17(15-23(22)32-19-5-2-3-6-19)16-24-28-20-7-4-8-21(25(20)33-24)29-26(30)18-11-13-27-14-12-18;/h4,7-15,19H,2-3,5-6,16H2,1H3,(H,29,30);1H. The normalized spacial score (nSPS) is 13.4. The molecule has 1 saturated carbocycles. The molecule has 176 valence electrons. The zero-order chi connectivity index (χ0) is 22.6. The number of anilines is 1. The van der Waals surface area contributed by atoms with Gasteiger partial charge in [-0.1, -0.05) is 12.1 Å². The molecular formula is C26H26ClN3O4.